The van der Waals surface area contributed by atoms with Crippen molar-refractivity contribution >= 4 is 17.2 Å². The Morgan fingerprint density at radius 1 is 1.45 bits per heavy atom. The molecule has 0 amide bonds. The topological polar surface area (TPSA) is 66.6 Å². The third kappa shape index (κ3) is 2.24. The number of hydrogen-bond donors (Lipinski definition) is 2. The van der Waals surface area contributed by atoms with Crippen molar-refractivity contribution in [2.75, 3.05) is 5.32 Å². The lowest BCUT2D eigenvalue weighted by Crippen LogP contribution is -2.31. The molecule has 2 aromatic heterocycles. The van der Waals surface area contributed by atoms with Crippen LogP contribution in [0.4, 0.5) is 5.69 Å². The van der Waals surface area contributed by atoms with Gasteiger partial charge >= 0.3 is 5.97 Å². The van der Waals surface area contributed by atoms with Gasteiger partial charge in [0, 0.05) is 12.2 Å². The molecule has 2 aromatic rings. The molecule has 1 aliphatic carbocycles. The molecule has 0 radical (unpaired) electrons. The number of nitrogens with one attached hydrogen (secondary N) is 1. The van der Waals surface area contributed by atoms with Crippen molar-refractivity contribution < 1.29 is 9.90 Å². The van der Waals surface area contributed by atoms with Crippen LogP contribution in [0.15, 0.2) is 24.5 Å². The SMILES string of the molecule is C[C@H]1CCCC[C@H]1Nc1c(C(=O)O)cnn2cccc12. The Morgan fingerprint density at radius 2 is 2.25 bits per heavy atom. The molecule has 5 nitrogen and oxygen atoms in total. The highest BCUT2D eigenvalue weighted by Gasteiger charge is 2.24. The van der Waals surface area contributed by atoms with E-state index in [0.717, 1.165) is 11.9 Å². The zero-order chi connectivity index (χ0) is 14.1. The van der Waals surface area contributed by atoms with Gasteiger partial charge in [0.15, 0.2) is 0 Å². The minimum Gasteiger partial charge on any atom is -0.478 e. The van der Waals surface area contributed by atoms with Crippen LogP contribution in [0.2, 0.25) is 0 Å². The van der Waals surface area contributed by atoms with E-state index in [1.807, 2.05) is 18.3 Å². The molecule has 5 heteroatoms. The van der Waals surface area contributed by atoms with Gasteiger partial charge in [-0.3, -0.25) is 0 Å². The first-order valence-corrected chi connectivity index (χ1v) is 7.13. The molecule has 0 aliphatic heterocycles. The fourth-order valence-corrected chi connectivity index (χ4v) is 3.02. The van der Waals surface area contributed by atoms with Crippen LogP contribution in [0.25, 0.3) is 5.52 Å². The maximum absolute atomic E-state index is 11.4. The first kappa shape index (κ1) is 13.0. The number of nitrogens with zero attached hydrogens (tertiary/aromatic N) is 2. The maximum atomic E-state index is 11.4. The molecule has 2 N–H and O–H groups in total. The molecule has 2 heterocycles. The molecule has 0 spiro atoms. The van der Waals surface area contributed by atoms with Gasteiger partial charge in [0.1, 0.15) is 5.56 Å². The highest BCUT2D eigenvalue weighted by Crippen LogP contribution is 2.30. The Labute approximate surface area is 117 Å². The van der Waals surface area contributed by atoms with Crippen LogP contribution in [-0.4, -0.2) is 26.7 Å². The minimum absolute atomic E-state index is 0.244. The lowest BCUT2D eigenvalue weighted by atomic mass is 9.85. The van der Waals surface area contributed by atoms with Crippen LogP contribution in [0.1, 0.15) is 43.0 Å². The van der Waals surface area contributed by atoms with E-state index in [2.05, 4.69) is 17.3 Å². The Balaban J connectivity index is 2.01. The average Bonchev–Trinajstić information content (AvgIpc) is 2.90. The highest BCUT2D eigenvalue weighted by atomic mass is 16.4. The number of carbonyl (C=O) groups is 1. The second-order valence-electron chi connectivity index (χ2n) is 5.59. The van der Waals surface area contributed by atoms with Crippen LogP contribution >= 0.6 is 0 Å². The molecule has 0 saturated heterocycles. The zero-order valence-corrected chi connectivity index (χ0v) is 11.5. The van der Waals surface area contributed by atoms with E-state index in [-0.39, 0.29) is 5.56 Å². The third-order valence-corrected chi connectivity index (χ3v) is 4.24. The second kappa shape index (κ2) is 5.15. The van der Waals surface area contributed by atoms with Crippen molar-refractivity contribution in [2.24, 2.45) is 5.92 Å². The standard InChI is InChI=1S/C15H19N3O2/c1-10-5-2-3-6-12(10)17-14-11(15(19)20)9-16-18-8-4-7-13(14)18/h4,7-10,12,17H,2-3,5-6H2,1H3,(H,19,20)/t10-,12+/m0/s1. The molecule has 20 heavy (non-hydrogen) atoms. The van der Waals surface area contributed by atoms with Crippen LogP contribution in [-0.2, 0) is 0 Å². The molecule has 0 bridgehead atoms. The molecule has 3 rings (SSSR count). The summed E-state index contributed by atoms with van der Waals surface area (Å²) in [5.74, 6) is -0.374. The second-order valence-corrected chi connectivity index (χ2v) is 5.59. The van der Waals surface area contributed by atoms with Gasteiger partial charge in [-0.2, -0.15) is 5.10 Å². The summed E-state index contributed by atoms with van der Waals surface area (Å²) in [6.45, 7) is 2.23. The van der Waals surface area contributed by atoms with E-state index in [9.17, 15) is 9.90 Å². The Bertz CT molecular complexity index is 635. The first-order chi connectivity index (χ1) is 9.66. The summed E-state index contributed by atoms with van der Waals surface area (Å²) < 4.78 is 1.71. The summed E-state index contributed by atoms with van der Waals surface area (Å²) in [4.78, 5) is 11.4. The number of carboxylic acid groups (broad SMARTS) is 1. The molecular formula is C15H19N3O2. The number of aromatic carboxylic acids is 1. The number of hydrogen-bond acceptors (Lipinski definition) is 3. The molecule has 1 aliphatic rings. The Kier molecular flexibility index (Phi) is 3.34. The predicted molar refractivity (Wildman–Crippen MR) is 77.2 cm³/mol. The maximum Gasteiger partial charge on any atom is 0.339 e. The fraction of sp³-hybridized carbons (Fsp3) is 0.467. The molecule has 0 unspecified atom stereocenters. The summed E-state index contributed by atoms with van der Waals surface area (Å²) in [5, 5.41) is 17.0. The van der Waals surface area contributed by atoms with Gasteiger partial charge in [-0.25, -0.2) is 9.31 Å². The molecular weight excluding hydrogens is 254 g/mol. The van der Waals surface area contributed by atoms with E-state index in [1.165, 1.54) is 25.5 Å². The van der Waals surface area contributed by atoms with E-state index >= 15 is 0 Å². The van der Waals surface area contributed by atoms with Gasteiger partial charge in [-0.1, -0.05) is 19.8 Å². The van der Waals surface area contributed by atoms with Gasteiger partial charge in [-0.15, -0.1) is 0 Å². The molecule has 1 saturated carbocycles. The van der Waals surface area contributed by atoms with Crippen LogP contribution in [0, 0.1) is 5.92 Å². The lowest BCUT2D eigenvalue weighted by molar-refractivity contribution is 0.0697. The highest BCUT2D eigenvalue weighted by molar-refractivity contribution is 5.98. The van der Waals surface area contributed by atoms with Crippen molar-refractivity contribution in [1.29, 1.82) is 0 Å². The van der Waals surface area contributed by atoms with E-state index in [0.29, 0.717) is 17.6 Å². The van der Waals surface area contributed by atoms with E-state index < -0.39 is 5.97 Å². The van der Waals surface area contributed by atoms with Crippen molar-refractivity contribution in [2.45, 2.75) is 38.6 Å². The summed E-state index contributed by atoms with van der Waals surface area (Å²) in [6.07, 6.45) is 8.01. The van der Waals surface area contributed by atoms with Crippen LogP contribution in [0.5, 0.6) is 0 Å². The monoisotopic (exact) mass is 273 g/mol. The van der Waals surface area contributed by atoms with Crippen molar-refractivity contribution in [3.05, 3.63) is 30.1 Å². The van der Waals surface area contributed by atoms with Crippen molar-refractivity contribution in [3.63, 3.8) is 0 Å². The van der Waals surface area contributed by atoms with Crippen LogP contribution in [0.3, 0.4) is 0 Å². The number of fused-ring (bicyclic) bond motifs is 1. The number of anilines is 1. The van der Waals surface area contributed by atoms with Crippen molar-refractivity contribution in [1.82, 2.24) is 9.61 Å². The average molecular weight is 273 g/mol. The van der Waals surface area contributed by atoms with Gasteiger partial charge < -0.3 is 10.4 Å². The molecule has 106 valence electrons. The Morgan fingerprint density at radius 3 is 3.00 bits per heavy atom. The number of aromatic nitrogens is 2. The van der Waals surface area contributed by atoms with Crippen LogP contribution < -0.4 is 5.32 Å². The van der Waals surface area contributed by atoms with E-state index in [4.69, 9.17) is 0 Å². The third-order valence-electron chi connectivity index (χ3n) is 4.24. The molecule has 0 aromatic carbocycles. The summed E-state index contributed by atoms with van der Waals surface area (Å²) >= 11 is 0. The summed E-state index contributed by atoms with van der Waals surface area (Å²) in [6, 6.07) is 4.11. The number of rotatable bonds is 3. The Hall–Kier alpha value is -2.04. The fourth-order valence-electron chi connectivity index (χ4n) is 3.02. The first-order valence-electron chi connectivity index (χ1n) is 7.13. The quantitative estimate of drug-likeness (QED) is 0.902. The van der Waals surface area contributed by atoms with Gasteiger partial charge in [-0.05, 0) is 30.9 Å². The minimum atomic E-state index is -0.938. The zero-order valence-electron chi connectivity index (χ0n) is 11.5. The van der Waals surface area contributed by atoms with Gasteiger partial charge in [0.25, 0.3) is 0 Å². The largest absolute Gasteiger partial charge is 0.478 e. The van der Waals surface area contributed by atoms with E-state index in [1.54, 1.807) is 4.52 Å². The smallest absolute Gasteiger partial charge is 0.339 e. The van der Waals surface area contributed by atoms with Gasteiger partial charge in [0.05, 0.1) is 17.4 Å². The lowest BCUT2D eigenvalue weighted by Gasteiger charge is -2.31. The summed E-state index contributed by atoms with van der Waals surface area (Å²) in [5.41, 5.74) is 1.76. The van der Waals surface area contributed by atoms with Gasteiger partial charge in [0.2, 0.25) is 0 Å². The summed E-state index contributed by atoms with van der Waals surface area (Å²) in [7, 11) is 0. The molecule has 2 atom stereocenters. The number of carboxylic acids is 1. The van der Waals surface area contributed by atoms with Crippen molar-refractivity contribution in [3.8, 4) is 0 Å². The normalized spacial score (nSPS) is 22.9. The predicted octanol–water partition coefficient (Wildman–Crippen LogP) is 3.02. The molecule has 1 fully saturated rings.